The summed E-state index contributed by atoms with van der Waals surface area (Å²) in [7, 11) is 0. The Morgan fingerprint density at radius 2 is 0.898 bits per heavy atom. The molecule has 3 aliphatic rings. The Bertz CT molecular complexity index is 2380. The van der Waals surface area contributed by atoms with Crippen molar-refractivity contribution in [3.63, 3.8) is 0 Å². The highest BCUT2D eigenvalue weighted by Crippen LogP contribution is 2.45. The van der Waals surface area contributed by atoms with Gasteiger partial charge in [-0.15, -0.1) is 0 Å². The number of aromatic nitrogens is 1. The highest BCUT2D eigenvalue weighted by atomic mass is 16.5. The zero-order valence-electron chi connectivity index (χ0n) is 28.8. The van der Waals surface area contributed by atoms with Gasteiger partial charge in [-0.1, -0.05) is 71.9 Å². The zero-order valence-corrected chi connectivity index (χ0v) is 28.8. The maximum Gasteiger partial charge on any atom is 0.266 e. The molecule has 0 unspecified atom stereocenters. The molecule has 0 atom stereocenters. The van der Waals surface area contributed by atoms with Crippen LogP contribution < -0.4 is 30.8 Å². The lowest BCUT2D eigenvalue weighted by Crippen LogP contribution is -2.61. The summed E-state index contributed by atoms with van der Waals surface area (Å²) in [6.45, 7) is 13.8. The second-order valence-electron chi connectivity index (χ2n) is 15.8. The summed E-state index contributed by atoms with van der Waals surface area (Å²) in [5.41, 5.74) is 13.3. The summed E-state index contributed by atoms with van der Waals surface area (Å²) >= 11 is 0. The molecule has 7 aromatic rings. The third kappa shape index (κ3) is 3.99. The Balaban J connectivity index is 1.15. The summed E-state index contributed by atoms with van der Waals surface area (Å²) < 4.78 is 15.5. The van der Waals surface area contributed by atoms with E-state index in [0.717, 1.165) is 51.2 Å². The maximum atomic E-state index is 6.53. The molecule has 10 rings (SSSR count). The lowest BCUT2D eigenvalue weighted by atomic mass is 9.33. The van der Waals surface area contributed by atoms with Crippen LogP contribution in [0.1, 0.15) is 52.7 Å². The van der Waals surface area contributed by atoms with Gasteiger partial charge in [-0.3, -0.25) is 0 Å². The number of hydrogen-bond acceptors (Lipinski definition) is 3. The van der Waals surface area contributed by atoms with Gasteiger partial charge in [-0.25, -0.2) is 0 Å². The van der Waals surface area contributed by atoms with E-state index in [4.69, 9.17) is 9.47 Å². The van der Waals surface area contributed by atoms with Crippen molar-refractivity contribution < 1.29 is 9.47 Å². The van der Waals surface area contributed by atoms with E-state index in [2.05, 4.69) is 160 Å². The van der Waals surface area contributed by atoms with Gasteiger partial charge in [0.15, 0.2) is 0 Å². The largest absolute Gasteiger partial charge is 0.458 e. The van der Waals surface area contributed by atoms with Crippen LogP contribution >= 0.6 is 0 Å². The molecule has 4 nitrogen and oxygen atoms in total. The summed E-state index contributed by atoms with van der Waals surface area (Å²) in [5, 5.41) is 2.59. The van der Waals surface area contributed by atoms with Crippen molar-refractivity contribution in [2.24, 2.45) is 0 Å². The number of anilines is 3. The average molecular weight is 637 g/mol. The van der Waals surface area contributed by atoms with Crippen molar-refractivity contribution in [2.45, 2.75) is 52.4 Å². The van der Waals surface area contributed by atoms with Gasteiger partial charge in [-0.05, 0) is 118 Å². The zero-order chi connectivity index (χ0) is 33.4. The molecule has 0 bridgehead atoms. The van der Waals surface area contributed by atoms with Crippen molar-refractivity contribution in [1.29, 1.82) is 0 Å². The van der Waals surface area contributed by atoms with Crippen molar-refractivity contribution >= 4 is 62.0 Å². The van der Waals surface area contributed by atoms with Gasteiger partial charge in [0, 0.05) is 39.0 Å². The number of nitrogens with zero attached hydrogens (tertiary/aromatic N) is 2. The highest BCUT2D eigenvalue weighted by Gasteiger charge is 2.47. The second kappa shape index (κ2) is 9.60. The standard InChI is InChI=1S/C44H37BN2O2/c1-43(2,3)26-16-22-32-30(24-26)31-25-27(44(4,5)6)17-23-33(31)46(32)28-18-20-29(21-19-28)47-34-10-7-12-36-40(34)45-41-35(47)11-8-13-37(41)49-39-15-9-14-38(48-36)42(39)45/h7-25H,1-6H3. The summed E-state index contributed by atoms with van der Waals surface area (Å²) in [6.07, 6.45) is 0. The summed E-state index contributed by atoms with van der Waals surface area (Å²) in [5.74, 6) is 3.57. The van der Waals surface area contributed by atoms with Crippen LogP contribution in [0.2, 0.25) is 0 Å². The molecule has 0 spiro atoms. The fraction of sp³-hybridized carbons (Fsp3) is 0.182. The minimum atomic E-state index is 0.0618. The lowest BCUT2D eigenvalue weighted by Gasteiger charge is -2.42. The molecule has 0 saturated heterocycles. The van der Waals surface area contributed by atoms with Crippen molar-refractivity contribution in [2.75, 3.05) is 4.90 Å². The molecule has 0 radical (unpaired) electrons. The Labute approximate surface area is 287 Å². The van der Waals surface area contributed by atoms with E-state index in [1.54, 1.807) is 0 Å². The van der Waals surface area contributed by atoms with Crippen LogP contribution in [0, 0.1) is 0 Å². The Kier molecular flexibility index (Phi) is 5.60. The molecule has 238 valence electrons. The van der Waals surface area contributed by atoms with E-state index in [0.29, 0.717) is 0 Å². The van der Waals surface area contributed by atoms with Crippen LogP contribution in [0.4, 0.5) is 17.1 Å². The van der Waals surface area contributed by atoms with Crippen molar-refractivity contribution in [3.8, 4) is 28.7 Å². The van der Waals surface area contributed by atoms with Crippen LogP contribution in [-0.2, 0) is 10.8 Å². The van der Waals surface area contributed by atoms with Crippen LogP contribution in [0.3, 0.4) is 0 Å². The third-order valence-electron chi connectivity index (χ3n) is 10.8. The number of benzene rings is 6. The molecule has 3 aliphatic heterocycles. The molecule has 5 heteroatoms. The molecule has 6 aromatic carbocycles. The number of hydrogen-bond donors (Lipinski definition) is 0. The van der Waals surface area contributed by atoms with Gasteiger partial charge >= 0.3 is 0 Å². The fourth-order valence-corrected chi connectivity index (χ4v) is 8.26. The molecule has 0 amide bonds. The van der Waals surface area contributed by atoms with E-state index in [9.17, 15) is 0 Å². The number of ether oxygens (including phenoxy) is 2. The summed E-state index contributed by atoms with van der Waals surface area (Å²) in [4.78, 5) is 2.38. The van der Waals surface area contributed by atoms with Gasteiger partial charge in [0.25, 0.3) is 6.71 Å². The van der Waals surface area contributed by atoms with Crippen LogP contribution in [0.15, 0.2) is 115 Å². The summed E-state index contributed by atoms with van der Waals surface area (Å²) in [6, 6.07) is 42.0. The minimum Gasteiger partial charge on any atom is -0.458 e. The van der Waals surface area contributed by atoms with Gasteiger partial charge in [0.1, 0.15) is 23.0 Å². The van der Waals surface area contributed by atoms with E-state index in [1.807, 2.05) is 6.07 Å². The van der Waals surface area contributed by atoms with E-state index in [1.165, 1.54) is 43.9 Å². The molecule has 4 heterocycles. The van der Waals surface area contributed by atoms with Gasteiger partial charge < -0.3 is 18.9 Å². The van der Waals surface area contributed by atoms with Crippen molar-refractivity contribution in [3.05, 3.63) is 126 Å². The molecule has 0 aliphatic carbocycles. The van der Waals surface area contributed by atoms with Gasteiger partial charge in [-0.2, -0.15) is 0 Å². The molecule has 0 fully saturated rings. The predicted molar refractivity (Wildman–Crippen MR) is 204 cm³/mol. The molecular weight excluding hydrogens is 599 g/mol. The van der Waals surface area contributed by atoms with Gasteiger partial charge in [0.2, 0.25) is 0 Å². The molecule has 1 aromatic heterocycles. The average Bonchev–Trinajstić information content (AvgIpc) is 3.41. The van der Waals surface area contributed by atoms with E-state index >= 15 is 0 Å². The molecule has 0 saturated carbocycles. The molecular formula is C44H37BN2O2. The third-order valence-corrected chi connectivity index (χ3v) is 10.8. The lowest BCUT2D eigenvalue weighted by molar-refractivity contribution is 0.464. The highest BCUT2D eigenvalue weighted by molar-refractivity contribution is 7.00. The normalized spacial score (nSPS) is 14.2. The van der Waals surface area contributed by atoms with E-state index < -0.39 is 0 Å². The second-order valence-corrected chi connectivity index (χ2v) is 15.8. The monoisotopic (exact) mass is 636 g/mol. The number of rotatable bonds is 2. The van der Waals surface area contributed by atoms with Crippen LogP contribution in [0.5, 0.6) is 23.0 Å². The Morgan fingerprint density at radius 1 is 0.469 bits per heavy atom. The van der Waals surface area contributed by atoms with Crippen LogP contribution in [0.25, 0.3) is 27.5 Å². The maximum absolute atomic E-state index is 6.53. The van der Waals surface area contributed by atoms with Crippen LogP contribution in [-0.4, -0.2) is 11.3 Å². The molecule has 0 N–H and O–H groups in total. The predicted octanol–water partition coefficient (Wildman–Crippen LogP) is 9.89. The number of fused-ring (bicyclic) bond motifs is 3. The topological polar surface area (TPSA) is 26.6 Å². The first-order chi connectivity index (χ1) is 23.6. The smallest absolute Gasteiger partial charge is 0.266 e. The minimum absolute atomic E-state index is 0.0618. The first-order valence-corrected chi connectivity index (χ1v) is 17.3. The Morgan fingerprint density at radius 3 is 1.37 bits per heavy atom. The van der Waals surface area contributed by atoms with E-state index in [-0.39, 0.29) is 17.5 Å². The molecule has 49 heavy (non-hydrogen) atoms. The first-order valence-electron chi connectivity index (χ1n) is 17.3. The fourth-order valence-electron chi connectivity index (χ4n) is 8.26. The SMILES string of the molecule is CC(C)(C)c1ccc2c(c1)c1cc(C(C)(C)C)ccc1n2-c1ccc(N2c3cccc4c3B3c5c(cccc5Oc5cccc2c53)O4)cc1. The quantitative estimate of drug-likeness (QED) is 0.177. The first kappa shape index (κ1) is 28.6. The van der Waals surface area contributed by atoms with Crippen molar-refractivity contribution in [1.82, 2.24) is 4.57 Å². The Hall–Kier alpha value is -5.42. The van der Waals surface area contributed by atoms with Gasteiger partial charge in [0.05, 0.1) is 11.0 Å².